The Balaban J connectivity index is 2.64. The highest BCUT2D eigenvalue weighted by Gasteiger charge is 2.19. The zero-order chi connectivity index (χ0) is 13.4. The van der Waals surface area contributed by atoms with Crippen LogP contribution in [0.3, 0.4) is 0 Å². The topological polar surface area (TPSA) is 66.4 Å². The zero-order valence-electron chi connectivity index (χ0n) is 10.4. The Kier molecular flexibility index (Phi) is 6.70. The second kappa shape index (κ2) is 7.78. The van der Waals surface area contributed by atoms with Gasteiger partial charge in [-0.3, -0.25) is 4.55 Å². The van der Waals surface area contributed by atoms with Gasteiger partial charge in [-0.2, -0.15) is 8.42 Å². The first kappa shape index (κ1) is 15.5. The minimum absolute atomic E-state index is 0.293. The van der Waals surface area contributed by atoms with Crippen molar-refractivity contribution < 1.29 is 13.0 Å². The van der Waals surface area contributed by atoms with Crippen LogP contribution >= 0.6 is 10.8 Å². The molecule has 102 valence electrons. The predicted molar refractivity (Wildman–Crippen MR) is 76.1 cm³/mol. The minimum atomic E-state index is -4.04. The fourth-order valence-corrected chi connectivity index (χ4v) is 3.72. The van der Waals surface area contributed by atoms with Crippen LogP contribution in [0.1, 0.15) is 30.6 Å². The molecule has 2 N–H and O–H groups in total. The van der Waals surface area contributed by atoms with Crippen LogP contribution in [0, 0.1) is 0 Å². The van der Waals surface area contributed by atoms with Crippen molar-refractivity contribution in [3.63, 3.8) is 0 Å². The van der Waals surface area contributed by atoms with Gasteiger partial charge < -0.3 is 5.32 Å². The van der Waals surface area contributed by atoms with E-state index < -0.39 is 9.15 Å². The molecule has 0 aliphatic heterocycles. The molecule has 0 fully saturated rings. The summed E-state index contributed by atoms with van der Waals surface area (Å²) in [5, 5.41) is 2.92. The molecule has 0 radical (unpaired) electrons. The molecule has 0 amide bonds. The summed E-state index contributed by atoms with van der Waals surface area (Å²) < 4.78 is 30.9. The van der Waals surface area contributed by atoms with Gasteiger partial charge in [0.1, 0.15) is 0 Å². The molecule has 0 aliphatic carbocycles. The molecule has 0 aliphatic rings. The number of benzene rings is 1. The molecule has 18 heavy (non-hydrogen) atoms. The van der Waals surface area contributed by atoms with Gasteiger partial charge in [0.15, 0.2) is 0 Å². The second-order valence-corrected chi connectivity index (χ2v) is 7.44. The highest BCUT2D eigenvalue weighted by atomic mass is 33.1. The Morgan fingerprint density at radius 3 is 2.56 bits per heavy atom. The summed E-state index contributed by atoms with van der Waals surface area (Å²) in [6.07, 6.45) is 2.15. The lowest BCUT2D eigenvalue weighted by molar-refractivity contribution is 0.502. The first-order valence-electron chi connectivity index (χ1n) is 5.94. The molecule has 0 spiro atoms. The SMILES string of the molecule is CCCCNCC(SS(=O)(=O)O)c1ccccc1. The van der Waals surface area contributed by atoms with Crippen LogP contribution in [0.2, 0.25) is 0 Å². The van der Waals surface area contributed by atoms with Crippen LogP contribution in [0.15, 0.2) is 30.3 Å². The molecular weight excluding hydrogens is 270 g/mol. The highest BCUT2D eigenvalue weighted by molar-refractivity contribution is 8.70. The van der Waals surface area contributed by atoms with Crippen LogP contribution in [0.25, 0.3) is 0 Å². The minimum Gasteiger partial charge on any atom is -0.315 e. The fraction of sp³-hybridized carbons (Fsp3) is 0.500. The third kappa shape index (κ3) is 6.39. The Labute approximate surface area is 112 Å². The Hall–Kier alpha value is -0.560. The van der Waals surface area contributed by atoms with Crippen molar-refractivity contribution in [3.8, 4) is 0 Å². The number of nitrogens with one attached hydrogen (secondary N) is 1. The maximum atomic E-state index is 11.0. The average Bonchev–Trinajstić information content (AvgIpc) is 2.33. The van der Waals surface area contributed by atoms with Gasteiger partial charge in [0, 0.05) is 17.3 Å². The molecule has 0 heterocycles. The van der Waals surface area contributed by atoms with Gasteiger partial charge in [0.2, 0.25) is 0 Å². The number of rotatable bonds is 8. The molecule has 0 saturated heterocycles. The average molecular weight is 289 g/mol. The maximum Gasteiger partial charge on any atom is 0.320 e. The van der Waals surface area contributed by atoms with Crippen LogP contribution in [0.5, 0.6) is 0 Å². The molecule has 1 rings (SSSR count). The summed E-state index contributed by atoms with van der Waals surface area (Å²) >= 11 is 0. The van der Waals surface area contributed by atoms with Crippen molar-refractivity contribution in [1.82, 2.24) is 5.32 Å². The third-order valence-corrected chi connectivity index (χ3v) is 4.79. The Morgan fingerprint density at radius 2 is 2.00 bits per heavy atom. The molecule has 1 unspecified atom stereocenters. The normalized spacial score (nSPS) is 13.4. The van der Waals surface area contributed by atoms with E-state index in [1.54, 1.807) is 0 Å². The monoisotopic (exact) mass is 289 g/mol. The van der Waals surface area contributed by atoms with E-state index in [9.17, 15) is 8.42 Å². The van der Waals surface area contributed by atoms with Crippen LogP contribution in [-0.4, -0.2) is 26.1 Å². The quantitative estimate of drug-likeness (QED) is 0.437. The second-order valence-electron chi connectivity index (χ2n) is 3.98. The van der Waals surface area contributed by atoms with E-state index in [0.717, 1.165) is 24.9 Å². The first-order chi connectivity index (χ1) is 8.53. The smallest absolute Gasteiger partial charge is 0.315 e. The standard InChI is InChI=1S/C12H19NO3S2/c1-2-3-9-13-10-12(17-18(14,15)16)11-7-5-4-6-8-11/h4-8,12-13H,2-3,9-10H2,1H3,(H,14,15,16). The van der Waals surface area contributed by atoms with E-state index >= 15 is 0 Å². The summed E-state index contributed by atoms with van der Waals surface area (Å²) in [5.74, 6) is 0. The largest absolute Gasteiger partial charge is 0.320 e. The maximum absolute atomic E-state index is 11.0. The lowest BCUT2D eigenvalue weighted by Gasteiger charge is -2.15. The van der Waals surface area contributed by atoms with E-state index in [1.165, 1.54) is 0 Å². The molecular formula is C12H19NO3S2. The Morgan fingerprint density at radius 1 is 1.33 bits per heavy atom. The molecule has 0 saturated carbocycles. The van der Waals surface area contributed by atoms with Crippen LogP contribution in [0.4, 0.5) is 0 Å². The van der Waals surface area contributed by atoms with E-state index in [-0.39, 0.29) is 5.25 Å². The predicted octanol–water partition coefficient (Wildman–Crippen LogP) is 2.65. The van der Waals surface area contributed by atoms with E-state index in [1.807, 2.05) is 30.3 Å². The number of unbranched alkanes of at least 4 members (excludes halogenated alkanes) is 1. The number of hydrogen-bond acceptors (Lipinski definition) is 4. The van der Waals surface area contributed by atoms with Gasteiger partial charge in [0.25, 0.3) is 0 Å². The highest BCUT2D eigenvalue weighted by Crippen LogP contribution is 2.31. The van der Waals surface area contributed by atoms with Gasteiger partial charge in [-0.1, -0.05) is 43.7 Å². The molecule has 6 heteroatoms. The van der Waals surface area contributed by atoms with Crippen molar-refractivity contribution in [2.45, 2.75) is 25.0 Å². The van der Waals surface area contributed by atoms with Gasteiger partial charge in [0.05, 0.1) is 5.25 Å². The molecule has 1 atom stereocenters. The molecule has 1 aromatic rings. The van der Waals surface area contributed by atoms with E-state index in [4.69, 9.17) is 4.55 Å². The van der Waals surface area contributed by atoms with Crippen molar-refractivity contribution in [1.29, 1.82) is 0 Å². The lowest BCUT2D eigenvalue weighted by atomic mass is 10.1. The molecule has 0 bridgehead atoms. The van der Waals surface area contributed by atoms with E-state index in [0.29, 0.717) is 17.3 Å². The summed E-state index contributed by atoms with van der Waals surface area (Å²) in [4.78, 5) is 0. The fourth-order valence-electron chi connectivity index (χ4n) is 1.56. The summed E-state index contributed by atoms with van der Waals surface area (Å²) in [6, 6.07) is 9.33. The molecule has 1 aromatic carbocycles. The van der Waals surface area contributed by atoms with Gasteiger partial charge in [-0.15, -0.1) is 0 Å². The summed E-state index contributed by atoms with van der Waals surface area (Å²) in [6.45, 7) is 3.48. The van der Waals surface area contributed by atoms with Gasteiger partial charge in [-0.05, 0) is 18.5 Å². The number of hydrogen-bond donors (Lipinski definition) is 2. The van der Waals surface area contributed by atoms with Crippen molar-refractivity contribution in [3.05, 3.63) is 35.9 Å². The first-order valence-corrected chi connectivity index (χ1v) is 8.78. The van der Waals surface area contributed by atoms with E-state index in [2.05, 4.69) is 12.2 Å². The summed E-state index contributed by atoms with van der Waals surface area (Å²) in [5.41, 5.74) is 0.893. The van der Waals surface area contributed by atoms with Crippen LogP contribution in [-0.2, 0) is 9.15 Å². The van der Waals surface area contributed by atoms with Gasteiger partial charge in [-0.25, -0.2) is 0 Å². The van der Waals surface area contributed by atoms with Gasteiger partial charge >= 0.3 is 9.15 Å². The molecule has 0 aromatic heterocycles. The van der Waals surface area contributed by atoms with Crippen molar-refractivity contribution in [2.24, 2.45) is 0 Å². The Bertz CT molecular complexity index is 434. The molecule has 4 nitrogen and oxygen atoms in total. The zero-order valence-corrected chi connectivity index (χ0v) is 12.0. The summed E-state index contributed by atoms with van der Waals surface area (Å²) in [7, 11) is -3.46. The lowest BCUT2D eigenvalue weighted by Crippen LogP contribution is -2.22. The van der Waals surface area contributed by atoms with Crippen molar-refractivity contribution >= 4 is 19.9 Å². The third-order valence-electron chi connectivity index (χ3n) is 2.45. The van der Waals surface area contributed by atoms with Crippen molar-refractivity contribution in [2.75, 3.05) is 13.1 Å². The van der Waals surface area contributed by atoms with Crippen LogP contribution < -0.4 is 5.32 Å².